The molecule has 0 spiro atoms. The van der Waals surface area contributed by atoms with Crippen LogP contribution in [0.3, 0.4) is 0 Å². The maximum atomic E-state index is 13.2. The van der Waals surface area contributed by atoms with E-state index >= 15 is 0 Å². The average molecular weight is 251 g/mol. The molecule has 18 heavy (non-hydrogen) atoms. The van der Waals surface area contributed by atoms with Crippen LogP contribution in [0.5, 0.6) is 5.75 Å². The summed E-state index contributed by atoms with van der Waals surface area (Å²) in [5.41, 5.74) is 0.336. The molecule has 0 saturated carbocycles. The normalized spacial score (nSPS) is 16.6. The van der Waals surface area contributed by atoms with E-state index in [1.54, 1.807) is 0 Å². The van der Waals surface area contributed by atoms with Crippen LogP contribution in [-0.2, 0) is 0 Å². The van der Waals surface area contributed by atoms with Crippen molar-refractivity contribution in [3.8, 4) is 5.75 Å². The molecule has 2 rings (SSSR count). The number of carbonyl (C=O) groups excluding carboxylic acids is 1. The zero-order valence-corrected chi connectivity index (χ0v) is 10.6. The molecule has 0 amide bonds. The summed E-state index contributed by atoms with van der Waals surface area (Å²) >= 11 is 0. The molecule has 98 valence electrons. The number of piperidine rings is 1. The molecule has 1 aliphatic heterocycles. The molecule has 0 bridgehead atoms. The number of likely N-dealkylation sites (tertiary alicyclic amines) is 1. The van der Waals surface area contributed by atoms with Gasteiger partial charge in [0.15, 0.2) is 5.78 Å². The van der Waals surface area contributed by atoms with Crippen molar-refractivity contribution in [3.63, 3.8) is 0 Å². The van der Waals surface area contributed by atoms with Gasteiger partial charge in [-0.05, 0) is 44.1 Å². The second-order valence-corrected chi connectivity index (χ2v) is 4.60. The highest BCUT2D eigenvalue weighted by molar-refractivity contribution is 6.00. The van der Waals surface area contributed by atoms with Gasteiger partial charge in [-0.25, -0.2) is 4.39 Å². The minimum Gasteiger partial charge on any atom is -0.496 e. The predicted molar refractivity (Wildman–Crippen MR) is 67.6 cm³/mol. The number of nitrogens with zero attached hydrogens (tertiary/aromatic N) is 1. The number of carbonyl (C=O) groups is 1. The molecule has 0 aliphatic carbocycles. The highest BCUT2D eigenvalue weighted by Gasteiger charge is 2.18. The van der Waals surface area contributed by atoms with Gasteiger partial charge in [-0.2, -0.15) is 0 Å². The molecule has 4 heteroatoms. The minimum absolute atomic E-state index is 0.0757. The molecule has 1 saturated heterocycles. The second-order valence-electron chi connectivity index (χ2n) is 4.60. The van der Waals surface area contributed by atoms with Crippen LogP contribution in [0.15, 0.2) is 18.2 Å². The second kappa shape index (κ2) is 5.96. The summed E-state index contributed by atoms with van der Waals surface area (Å²) in [5.74, 6) is -0.0375. The summed E-state index contributed by atoms with van der Waals surface area (Å²) in [6, 6.07) is 4.06. The molecular formula is C14H18FNO2. The number of Topliss-reactive ketones (excluding diaryl/α,β-unsaturated/α-hetero) is 1. The number of rotatable bonds is 4. The summed E-state index contributed by atoms with van der Waals surface area (Å²) in [7, 11) is 1.49. The molecule has 0 N–H and O–H groups in total. The third-order valence-electron chi connectivity index (χ3n) is 3.28. The fourth-order valence-corrected chi connectivity index (χ4v) is 2.30. The van der Waals surface area contributed by atoms with E-state index < -0.39 is 5.82 Å². The zero-order chi connectivity index (χ0) is 13.0. The van der Waals surface area contributed by atoms with Gasteiger partial charge in [0.25, 0.3) is 0 Å². The number of methoxy groups -OCH3 is 1. The highest BCUT2D eigenvalue weighted by Crippen LogP contribution is 2.20. The van der Waals surface area contributed by atoms with Crippen LogP contribution in [0.25, 0.3) is 0 Å². The van der Waals surface area contributed by atoms with Crippen LogP contribution in [0.4, 0.5) is 4.39 Å². The Morgan fingerprint density at radius 2 is 2.06 bits per heavy atom. The van der Waals surface area contributed by atoms with Crippen molar-refractivity contribution in [2.75, 3.05) is 26.7 Å². The van der Waals surface area contributed by atoms with Crippen LogP contribution >= 0.6 is 0 Å². The number of hydrogen-bond donors (Lipinski definition) is 0. The van der Waals surface area contributed by atoms with Gasteiger partial charge in [-0.15, -0.1) is 0 Å². The maximum absolute atomic E-state index is 13.2. The van der Waals surface area contributed by atoms with E-state index in [2.05, 4.69) is 4.90 Å². The van der Waals surface area contributed by atoms with E-state index in [1.165, 1.54) is 31.7 Å². The lowest BCUT2D eigenvalue weighted by atomic mass is 10.1. The van der Waals surface area contributed by atoms with Crippen molar-refractivity contribution in [1.82, 2.24) is 4.90 Å². The molecule has 1 aromatic rings. The predicted octanol–water partition coefficient (Wildman–Crippen LogP) is 2.50. The molecule has 1 aliphatic rings. The third kappa shape index (κ3) is 3.07. The van der Waals surface area contributed by atoms with Gasteiger partial charge < -0.3 is 4.74 Å². The molecule has 0 unspecified atom stereocenters. The van der Waals surface area contributed by atoms with E-state index in [0.29, 0.717) is 17.9 Å². The van der Waals surface area contributed by atoms with Crippen molar-refractivity contribution in [2.24, 2.45) is 0 Å². The summed E-state index contributed by atoms with van der Waals surface area (Å²) in [6.45, 7) is 2.24. The molecule has 0 aromatic heterocycles. The van der Waals surface area contributed by atoms with Gasteiger partial charge >= 0.3 is 0 Å². The van der Waals surface area contributed by atoms with Crippen LogP contribution in [0.2, 0.25) is 0 Å². The van der Waals surface area contributed by atoms with Crippen molar-refractivity contribution in [3.05, 3.63) is 29.6 Å². The average Bonchev–Trinajstić information content (AvgIpc) is 2.40. The van der Waals surface area contributed by atoms with Gasteiger partial charge in [0.1, 0.15) is 11.6 Å². The molecule has 3 nitrogen and oxygen atoms in total. The van der Waals surface area contributed by atoms with Crippen LogP contribution < -0.4 is 4.74 Å². The number of hydrogen-bond acceptors (Lipinski definition) is 3. The van der Waals surface area contributed by atoms with E-state index in [-0.39, 0.29) is 5.78 Å². The Morgan fingerprint density at radius 3 is 2.72 bits per heavy atom. The largest absolute Gasteiger partial charge is 0.496 e. The Labute approximate surface area is 107 Å². The van der Waals surface area contributed by atoms with Crippen LogP contribution in [0, 0.1) is 5.82 Å². The Hall–Kier alpha value is -1.42. The number of halogens is 1. The lowest BCUT2D eigenvalue weighted by molar-refractivity contribution is 0.0912. The van der Waals surface area contributed by atoms with Crippen molar-refractivity contribution in [2.45, 2.75) is 19.3 Å². The van der Waals surface area contributed by atoms with Gasteiger partial charge in [0.2, 0.25) is 0 Å². The standard InChI is InChI=1S/C14H18FNO2/c1-18-14-6-5-11(15)9-12(14)13(17)10-16-7-3-2-4-8-16/h5-6,9H,2-4,7-8,10H2,1H3. The lowest BCUT2D eigenvalue weighted by Crippen LogP contribution is -2.34. The monoisotopic (exact) mass is 251 g/mol. The molecule has 0 radical (unpaired) electrons. The van der Waals surface area contributed by atoms with Gasteiger partial charge in [-0.3, -0.25) is 9.69 Å². The van der Waals surface area contributed by atoms with Crippen LogP contribution in [-0.4, -0.2) is 37.4 Å². The summed E-state index contributed by atoms with van der Waals surface area (Å²) < 4.78 is 18.3. The Kier molecular flexibility index (Phi) is 4.31. The molecule has 0 atom stereocenters. The summed E-state index contributed by atoms with van der Waals surface area (Å²) in [4.78, 5) is 14.3. The Morgan fingerprint density at radius 1 is 1.33 bits per heavy atom. The van der Waals surface area contributed by atoms with Gasteiger partial charge in [-0.1, -0.05) is 6.42 Å². The van der Waals surface area contributed by atoms with E-state index in [4.69, 9.17) is 4.74 Å². The topological polar surface area (TPSA) is 29.5 Å². The SMILES string of the molecule is COc1ccc(F)cc1C(=O)CN1CCCCC1. The number of benzene rings is 1. The molecule has 1 heterocycles. The fraction of sp³-hybridized carbons (Fsp3) is 0.500. The molecular weight excluding hydrogens is 233 g/mol. The first-order chi connectivity index (χ1) is 8.70. The summed E-state index contributed by atoms with van der Waals surface area (Å²) in [6.07, 6.45) is 3.50. The van der Waals surface area contributed by atoms with Crippen molar-refractivity contribution >= 4 is 5.78 Å². The highest BCUT2D eigenvalue weighted by atomic mass is 19.1. The van der Waals surface area contributed by atoms with Gasteiger partial charge in [0.05, 0.1) is 19.2 Å². The first kappa shape index (κ1) is 13.0. The zero-order valence-electron chi connectivity index (χ0n) is 10.6. The Bertz CT molecular complexity index is 428. The van der Waals surface area contributed by atoms with E-state index in [9.17, 15) is 9.18 Å². The third-order valence-corrected chi connectivity index (χ3v) is 3.28. The Balaban J connectivity index is 2.09. The fourth-order valence-electron chi connectivity index (χ4n) is 2.30. The molecule has 1 fully saturated rings. The van der Waals surface area contributed by atoms with Gasteiger partial charge in [0, 0.05) is 0 Å². The number of ketones is 1. The smallest absolute Gasteiger partial charge is 0.180 e. The van der Waals surface area contributed by atoms with E-state index in [1.807, 2.05) is 0 Å². The minimum atomic E-state index is -0.405. The van der Waals surface area contributed by atoms with Crippen molar-refractivity contribution < 1.29 is 13.9 Å². The van der Waals surface area contributed by atoms with E-state index in [0.717, 1.165) is 25.9 Å². The number of ether oxygens (including phenoxy) is 1. The lowest BCUT2D eigenvalue weighted by Gasteiger charge is -2.25. The summed E-state index contributed by atoms with van der Waals surface area (Å²) in [5, 5.41) is 0. The first-order valence-corrected chi connectivity index (χ1v) is 6.30. The first-order valence-electron chi connectivity index (χ1n) is 6.30. The maximum Gasteiger partial charge on any atom is 0.180 e. The van der Waals surface area contributed by atoms with Crippen molar-refractivity contribution in [1.29, 1.82) is 0 Å². The van der Waals surface area contributed by atoms with Crippen LogP contribution in [0.1, 0.15) is 29.6 Å². The molecule has 1 aromatic carbocycles. The quantitative estimate of drug-likeness (QED) is 0.770.